The number of hydrogen-bond acceptors (Lipinski definition) is 6. The van der Waals surface area contributed by atoms with Crippen LogP contribution < -0.4 is 25.2 Å². The molecule has 2 heterocycles. The molecule has 1 aliphatic rings. The average Bonchev–Trinajstić information content (AvgIpc) is 3.07. The fourth-order valence-corrected chi connectivity index (χ4v) is 5.08. The van der Waals surface area contributed by atoms with Crippen LogP contribution in [-0.4, -0.2) is 47.6 Å². The molecule has 0 aliphatic carbocycles. The van der Waals surface area contributed by atoms with Crippen LogP contribution in [-0.2, 0) is 17.9 Å². The number of nitrogens with zero attached hydrogens (tertiary/aromatic N) is 3. The number of carbonyl (C=O) groups excluding carboxylic acids is 3. The summed E-state index contributed by atoms with van der Waals surface area (Å²) in [6.07, 6.45) is 9.84. The number of unbranched alkanes of at least 4 members (excludes halogenated alkanes) is 4. The van der Waals surface area contributed by atoms with Gasteiger partial charge in [0.25, 0.3) is 11.8 Å². The molecule has 248 valence electrons. The molecule has 3 aromatic rings. The first-order valence-corrected chi connectivity index (χ1v) is 15.7. The van der Waals surface area contributed by atoms with Crippen LogP contribution in [0.4, 0.5) is 4.39 Å². The van der Waals surface area contributed by atoms with Crippen LogP contribution in [0.5, 0.6) is 11.5 Å². The van der Waals surface area contributed by atoms with Crippen LogP contribution in [0, 0.1) is 5.82 Å². The van der Waals surface area contributed by atoms with E-state index in [9.17, 15) is 23.6 Å². The molecular weight excluding hydrogens is 603 g/mol. The zero-order valence-corrected chi connectivity index (χ0v) is 26.7. The monoisotopic (exact) mass is 644 g/mol. The van der Waals surface area contributed by atoms with Crippen molar-refractivity contribution in [2.45, 2.75) is 58.1 Å². The summed E-state index contributed by atoms with van der Waals surface area (Å²) in [5.74, 6) is -2.16. The Balaban J connectivity index is 1.67. The molecule has 0 saturated heterocycles. The first-order valence-electron chi connectivity index (χ1n) is 15.7. The number of fused-ring (bicyclic) bond motifs is 1. The van der Waals surface area contributed by atoms with E-state index < -0.39 is 23.1 Å². The summed E-state index contributed by atoms with van der Waals surface area (Å²) in [4.78, 5) is 55.8. The molecule has 0 fully saturated rings. The standard InChI is InChI=1S/C36H41FN4O6/c1-4-6-8-9-10-14-17-31(42)41-25-39(3)36(45)32-34(47-24-26-15-12-11-13-16-26)33(43)29(23-40(32)41)35(44)38-22-27-18-19-28(37)21-30(27)46-20-7-5-2/h4-5,11-13,15-16,18-19,21,23H,1-2,6-10,14,17,20,22,24-25H2,3H3,(H,38,44). The van der Waals surface area contributed by atoms with Gasteiger partial charge in [-0.1, -0.05) is 61.4 Å². The van der Waals surface area contributed by atoms with Crippen molar-refractivity contribution in [2.24, 2.45) is 0 Å². The molecule has 1 N–H and O–H groups in total. The van der Waals surface area contributed by atoms with Crippen LogP contribution in [0.15, 0.2) is 84.8 Å². The Kier molecular flexibility index (Phi) is 12.5. The van der Waals surface area contributed by atoms with Crippen molar-refractivity contribution in [3.8, 4) is 11.5 Å². The summed E-state index contributed by atoms with van der Waals surface area (Å²) in [7, 11) is 1.53. The molecule has 10 nitrogen and oxygen atoms in total. The Morgan fingerprint density at radius 2 is 1.72 bits per heavy atom. The molecule has 0 saturated carbocycles. The smallest absolute Gasteiger partial charge is 0.277 e. The van der Waals surface area contributed by atoms with Crippen LogP contribution in [0.25, 0.3) is 0 Å². The second-order valence-electron chi connectivity index (χ2n) is 11.2. The molecule has 2 aromatic carbocycles. The van der Waals surface area contributed by atoms with Gasteiger partial charge in [-0.3, -0.25) is 19.2 Å². The van der Waals surface area contributed by atoms with E-state index >= 15 is 0 Å². The van der Waals surface area contributed by atoms with Crippen molar-refractivity contribution in [1.82, 2.24) is 14.9 Å². The molecule has 11 heteroatoms. The third-order valence-corrected chi connectivity index (χ3v) is 7.66. The third kappa shape index (κ3) is 8.96. The molecule has 0 spiro atoms. The highest BCUT2D eigenvalue weighted by Crippen LogP contribution is 2.25. The minimum absolute atomic E-state index is 0.0508. The van der Waals surface area contributed by atoms with Gasteiger partial charge in [-0.05, 0) is 37.3 Å². The SMILES string of the molecule is C=CCCCCCCC(=O)N1CN(C)C(=O)c2c(OCc3ccccc3)c(=O)c(C(=O)NCc3ccc(F)cc3OCCC=C)cn21. The first kappa shape index (κ1) is 34.7. The molecule has 1 aliphatic heterocycles. The Labute approximate surface area is 274 Å². The Bertz CT molecular complexity index is 1660. The number of allylic oxidation sites excluding steroid dienone is 1. The molecule has 47 heavy (non-hydrogen) atoms. The van der Waals surface area contributed by atoms with E-state index in [0.717, 1.165) is 31.2 Å². The lowest BCUT2D eigenvalue weighted by atomic mass is 10.1. The first-order chi connectivity index (χ1) is 22.7. The number of ether oxygens (including phenoxy) is 2. The fourth-order valence-electron chi connectivity index (χ4n) is 5.08. The molecule has 1 aromatic heterocycles. The van der Waals surface area contributed by atoms with Crippen molar-refractivity contribution in [3.05, 3.63) is 118 Å². The Hall–Kier alpha value is -5.19. The van der Waals surface area contributed by atoms with Crippen LogP contribution in [0.1, 0.15) is 76.9 Å². The van der Waals surface area contributed by atoms with Gasteiger partial charge in [-0.15, -0.1) is 13.2 Å². The second kappa shape index (κ2) is 16.9. The number of aromatic nitrogens is 1. The molecular formula is C36H41FN4O6. The quantitative estimate of drug-likeness (QED) is 0.154. The molecule has 4 rings (SSSR count). The van der Waals surface area contributed by atoms with E-state index in [-0.39, 0.29) is 61.5 Å². The normalized spacial score (nSPS) is 12.3. The summed E-state index contributed by atoms with van der Waals surface area (Å²) in [5.41, 5.74) is -0.0462. The van der Waals surface area contributed by atoms with Crippen molar-refractivity contribution < 1.29 is 28.2 Å². The van der Waals surface area contributed by atoms with Crippen molar-refractivity contribution >= 4 is 17.7 Å². The highest BCUT2D eigenvalue weighted by Gasteiger charge is 2.36. The predicted octanol–water partition coefficient (Wildman–Crippen LogP) is 5.49. The Morgan fingerprint density at radius 3 is 2.47 bits per heavy atom. The predicted molar refractivity (Wildman–Crippen MR) is 177 cm³/mol. The number of pyridine rings is 1. The number of benzene rings is 2. The van der Waals surface area contributed by atoms with Gasteiger partial charge in [0.2, 0.25) is 11.3 Å². The van der Waals surface area contributed by atoms with E-state index in [1.165, 1.54) is 46.0 Å². The van der Waals surface area contributed by atoms with E-state index in [1.807, 2.05) is 24.3 Å². The van der Waals surface area contributed by atoms with Gasteiger partial charge in [0.05, 0.1) is 6.61 Å². The van der Waals surface area contributed by atoms with Gasteiger partial charge < -0.3 is 19.7 Å². The highest BCUT2D eigenvalue weighted by atomic mass is 19.1. The van der Waals surface area contributed by atoms with Gasteiger partial charge in [0, 0.05) is 37.8 Å². The number of rotatable bonds is 17. The average molecular weight is 645 g/mol. The zero-order valence-electron chi connectivity index (χ0n) is 26.7. The summed E-state index contributed by atoms with van der Waals surface area (Å²) >= 11 is 0. The van der Waals surface area contributed by atoms with Crippen molar-refractivity contribution in [2.75, 3.05) is 25.3 Å². The summed E-state index contributed by atoms with van der Waals surface area (Å²) in [6.45, 7) is 7.44. The van der Waals surface area contributed by atoms with E-state index in [1.54, 1.807) is 18.2 Å². The van der Waals surface area contributed by atoms with E-state index in [2.05, 4.69) is 18.5 Å². The molecule has 0 atom stereocenters. The molecule has 0 unspecified atom stereocenters. The minimum atomic E-state index is -0.801. The van der Waals surface area contributed by atoms with Gasteiger partial charge in [0.15, 0.2) is 11.4 Å². The van der Waals surface area contributed by atoms with Crippen molar-refractivity contribution in [3.63, 3.8) is 0 Å². The lowest BCUT2D eigenvalue weighted by Gasteiger charge is -2.37. The number of nitrogens with one attached hydrogen (secondary N) is 1. The lowest BCUT2D eigenvalue weighted by Crippen LogP contribution is -2.55. The second-order valence-corrected chi connectivity index (χ2v) is 11.2. The number of halogens is 1. The maximum absolute atomic E-state index is 14.0. The zero-order chi connectivity index (χ0) is 33.8. The number of hydrogen-bond donors (Lipinski definition) is 1. The summed E-state index contributed by atoms with van der Waals surface area (Å²) < 4.78 is 26.9. The number of amides is 3. The molecule has 0 bridgehead atoms. The van der Waals surface area contributed by atoms with Crippen LogP contribution >= 0.6 is 0 Å². The Morgan fingerprint density at radius 1 is 0.979 bits per heavy atom. The highest BCUT2D eigenvalue weighted by molar-refractivity contribution is 6.01. The van der Waals surface area contributed by atoms with Gasteiger partial charge in [-0.25, -0.2) is 14.1 Å². The number of carbonyl (C=O) groups is 3. The van der Waals surface area contributed by atoms with Crippen LogP contribution in [0.2, 0.25) is 0 Å². The topological polar surface area (TPSA) is 110 Å². The third-order valence-electron chi connectivity index (χ3n) is 7.66. The van der Waals surface area contributed by atoms with Crippen molar-refractivity contribution in [1.29, 1.82) is 0 Å². The summed E-state index contributed by atoms with van der Waals surface area (Å²) in [6, 6.07) is 13.0. The van der Waals surface area contributed by atoms with Gasteiger partial charge >= 0.3 is 0 Å². The van der Waals surface area contributed by atoms with Crippen LogP contribution in [0.3, 0.4) is 0 Å². The summed E-state index contributed by atoms with van der Waals surface area (Å²) in [5, 5.41) is 4.05. The molecule has 0 radical (unpaired) electrons. The van der Waals surface area contributed by atoms with E-state index in [0.29, 0.717) is 18.4 Å². The fraction of sp³-hybridized carbons (Fsp3) is 0.333. The van der Waals surface area contributed by atoms with E-state index in [4.69, 9.17) is 9.47 Å². The largest absolute Gasteiger partial charge is 0.493 e. The lowest BCUT2D eigenvalue weighted by molar-refractivity contribution is -0.120. The molecule has 3 amide bonds. The maximum atomic E-state index is 14.0. The maximum Gasteiger partial charge on any atom is 0.277 e. The van der Waals surface area contributed by atoms with Gasteiger partial charge in [-0.2, -0.15) is 0 Å². The minimum Gasteiger partial charge on any atom is -0.493 e. The van der Waals surface area contributed by atoms with Gasteiger partial charge in [0.1, 0.15) is 30.4 Å².